The van der Waals surface area contributed by atoms with E-state index in [1.165, 1.54) is 0 Å². The molecule has 0 radical (unpaired) electrons. The summed E-state index contributed by atoms with van der Waals surface area (Å²) in [5.74, 6) is -0.349. The van der Waals surface area contributed by atoms with Crippen LogP contribution >= 0.6 is 0 Å². The van der Waals surface area contributed by atoms with Gasteiger partial charge in [0.25, 0.3) is 0 Å². The molecule has 0 atom stereocenters. The molecular weight excluding hydrogens is 169 g/mol. The summed E-state index contributed by atoms with van der Waals surface area (Å²) >= 11 is 0. The maximum Gasteiger partial charge on any atom is 0.410 e. The Morgan fingerprint density at radius 2 is 1.75 bits per heavy atom. The maximum atomic E-state index is 11.8. The van der Waals surface area contributed by atoms with Crippen LogP contribution in [0.25, 0.3) is 0 Å². The summed E-state index contributed by atoms with van der Waals surface area (Å²) in [6.07, 6.45) is -2.27. The van der Waals surface area contributed by atoms with E-state index in [4.69, 9.17) is 0 Å². The van der Waals surface area contributed by atoms with Gasteiger partial charge in [-0.1, -0.05) is 0 Å². The van der Waals surface area contributed by atoms with Gasteiger partial charge >= 0.3 is 6.18 Å². The van der Waals surface area contributed by atoms with Crippen LogP contribution in [0.4, 0.5) is 13.2 Å². The van der Waals surface area contributed by atoms with Crippen molar-refractivity contribution in [2.45, 2.75) is 31.9 Å². The van der Waals surface area contributed by atoms with E-state index in [0.29, 0.717) is 12.8 Å². The largest absolute Gasteiger partial charge is 0.410 e. The number of allylic oxidation sites excluding steroid dienone is 2. The fraction of sp³-hybridized carbons (Fsp3) is 0.625. The van der Waals surface area contributed by atoms with Crippen molar-refractivity contribution in [3.05, 3.63) is 11.6 Å². The minimum Gasteiger partial charge on any atom is -0.295 e. The number of Topliss-reactive ketones (excluding diaryl/α,β-unsaturated/α-hetero) is 1. The molecule has 0 aromatic heterocycles. The zero-order chi connectivity index (χ0) is 9.19. The van der Waals surface area contributed by atoms with Crippen molar-refractivity contribution in [2.24, 2.45) is 0 Å². The molecule has 0 saturated heterocycles. The van der Waals surface area contributed by atoms with Crippen molar-refractivity contribution in [1.29, 1.82) is 0 Å². The first-order valence-electron chi connectivity index (χ1n) is 3.81. The fourth-order valence-electron chi connectivity index (χ4n) is 1.25. The average Bonchev–Trinajstić information content (AvgIpc) is 1.91. The second kappa shape index (κ2) is 3.29. The summed E-state index contributed by atoms with van der Waals surface area (Å²) in [5, 5.41) is 0. The molecule has 68 valence electrons. The average molecular weight is 178 g/mol. The number of carbonyl (C=O) groups excluding carboxylic acids is 1. The monoisotopic (exact) mass is 178 g/mol. The van der Waals surface area contributed by atoms with Gasteiger partial charge in [0.2, 0.25) is 0 Å². The number of hydrogen-bond donors (Lipinski definition) is 0. The summed E-state index contributed by atoms with van der Waals surface area (Å²) in [5.41, 5.74) is -0.0613. The van der Waals surface area contributed by atoms with E-state index in [1.807, 2.05) is 0 Å². The molecule has 1 saturated carbocycles. The van der Waals surface area contributed by atoms with E-state index >= 15 is 0 Å². The molecule has 0 amide bonds. The topological polar surface area (TPSA) is 17.1 Å². The highest BCUT2D eigenvalue weighted by Gasteiger charge is 2.27. The first-order valence-corrected chi connectivity index (χ1v) is 3.81. The third kappa shape index (κ3) is 2.68. The summed E-state index contributed by atoms with van der Waals surface area (Å²) in [6, 6.07) is 0. The van der Waals surface area contributed by atoms with Crippen molar-refractivity contribution >= 4 is 5.78 Å². The molecule has 1 aliphatic rings. The van der Waals surface area contributed by atoms with Gasteiger partial charge < -0.3 is 0 Å². The molecule has 0 aromatic rings. The van der Waals surface area contributed by atoms with Gasteiger partial charge in [0.1, 0.15) is 0 Å². The number of ketones is 1. The number of hydrogen-bond acceptors (Lipinski definition) is 1. The van der Waals surface area contributed by atoms with E-state index in [2.05, 4.69) is 0 Å². The third-order valence-corrected chi connectivity index (χ3v) is 1.80. The normalized spacial score (nSPS) is 23.2. The van der Waals surface area contributed by atoms with Crippen LogP contribution in [0.3, 0.4) is 0 Å². The van der Waals surface area contributed by atoms with Crippen LogP contribution < -0.4 is 0 Å². The van der Waals surface area contributed by atoms with Crippen LogP contribution in [-0.4, -0.2) is 12.0 Å². The van der Waals surface area contributed by atoms with E-state index < -0.39 is 6.18 Å². The molecule has 1 fully saturated rings. The summed E-state index contributed by atoms with van der Waals surface area (Å²) in [7, 11) is 0. The van der Waals surface area contributed by atoms with E-state index in [1.54, 1.807) is 0 Å². The Kier molecular flexibility index (Phi) is 2.55. The maximum absolute atomic E-state index is 11.8. The van der Waals surface area contributed by atoms with Crippen molar-refractivity contribution in [3.8, 4) is 0 Å². The molecule has 1 aliphatic carbocycles. The highest BCUT2D eigenvalue weighted by molar-refractivity contribution is 5.96. The van der Waals surface area contributed by atoms with Crippen LogP contribution in [0.2, 0.25) is 0 Å². The van der Waals surface area contributed by atoms with Crippen molar-refractivity contribution < 1.29 is 18.0 Å². The Morgan fingerprint density at radius 1 is 1.17 bits per heavy atom. The SMILES string of the molecule is O=C1CCCC/C1=C/C(F)(F)F. The molecule has 0 heterocycles. The van der Waals surface area contributed by atoms with E-state index in [-0.39, 0.29) is 30.3 Å². The molecule has 0 aromatic carbocycles. The highest BCUT2D eigenvalue weighted by Crippen LogP contribution is 2.25. The number of carbonyl (C=O) groups is 1. The lowest BCUT2D eigenvalue weighted by Gasteiger charge is -2.12. The quantitative estimate of drug-likeness (QED) is 0.521. The first-order chi connectivity index (χ1) is 5.49. The molecule has 0 aliphatic heterocycles. The predicted octanol–water partition coefficient (Wildman–Crippen LogP) is 2.62. The molecule has 0 unspecified atom stereocenters. The molecule has 4 heteroatoms. The minimum atomic E-state index is -4.34. The molecule has 1 nitrogen and oxygen atoms in total. The second-order valence-corrected chi connectivity index (χ2v) is 2.84. The van der Waals surface area contributed by atoms with Crippen LogP contribution in [0.15, 0.2) is 11.6 Å². The van der Waals surface area contributed by atoms with Gasteiger partial charge in [0.05, 0.1) is 0 Å². The predicted molar refractivity (Wildman–Crippen MR) is 37.6 cm³/mol. The summed E-state index contributed by atoms with van der Waals surface area (Å²) in [6.45, 7) is 0. The number of alkyl halides is 3. The van der Waals surface area contributed by atoms with Gasteiger partial charge in [-0.3, -0.25) is 4.79 Å². The Balaban J connectivity index is 2.72. The molecule has 12 heavy (non-hydrogen) atoms. The van der Waals surface area contributed by atoms with Gasteiger partial charge in [-0.2, -0.15) is 13.2 Å². The van der Waals surface area contributed by atoms with Gasteiger partial charge in [0, 0.05) is 12.5 Å². The van der Waals surface area contributed by atoms with Crippen molar-refractivity contribution in [3.63, 3.8) is 0 Å². The standard InChI is InChI=1S/C8H9F3O/c9-8(10,11)5-6-3-1-2-4-7(6)12/h5H,1-4H2/b6-5-. The van der Waals surface area contributed by atoms with Gasteiger partial charge in [-0.25, -0.2) is 0 Å². The molecule has 0 bridgehead atoms. The lowest BCUT2D eigenvalue weighted by Crippen LogP contribution is -2.13. The van der Waals surface area contributed by atoms with E-state index in [9.17, 15) is 18.0 Å². The van der Waals surface area contributed by atoms with Crippen molar-refractivity contribution in [2.75, 3.05) is 0 Å². The molecule has 0 N–H and O–H groups in total. The highest BCUT2D eigenvalue weighted by atomic mass is 19.4. The van der Waals surface area contributed by atoms with Crippen molar-refractivity contribution in [1.82, 2.24) is 0 Å². The Hall–Kier alpha value is -0.800. The molecular formula is C8H9F3O. The number of rotatable bonds is 0. The second-order valence-electron chi connectivity index (χ2n) is 2.84. The summed E-state index contributed by atoms with van der Waals surface area (Å²) in [4.78, 5) is 10.9. The first kappa shape index (κ1) is 9.29. The molecule has 0 spiro atoms. The fourth-order valence-corrected chi connectivity index (χ4v) is 1.25. The van der Waals surface area contributed by atoms with Gasteiger partial charge in [-0.05, 0) is 24.8 Å². The van der Waals surface area contributed by atoms with Crippen LogP contribution in [0, 0.1) is 0 Å². The Bertz CT molecular complexity index is 215. The Labute approximate surface area is 68.3 Å². The van der Waals surface area contributed by atoms with Crippen LogP contribution in [0.5, 0.6) is 0 Å². The third-order valence-electron chi connectivity index (χ3n) is 1.80. The minimum absolute atomic E-state index is 0.0613. The number of halogens is 3. The van der Waals surface area contributed by atoms with Crippen LogP contribution in [0.1, 0.15) is 25.7 Å². The zero-order valence-corrected chi connectivity index (χ0v) is 6.45. The van der Waals surface area contributed by atoms with Crippen LogP contribution in [-0.2, 0) is 4.79 Å². The lowest BCUT2D eigenvalue weighted by atomic mass is 9.93. The smallest absolute Gasteiger partial charge is 0.295 e. The zero-order valence-electron chi connectivity index (χ0n) is 6.45. The van der Waals surface area contributed by atoms with Gasteiger partial charge in [-0.15, -0.1) is 0 Å². The van der Waals surface area contributed by atoms with E-state index in [0.717, 1.165) is 0 Å². The Morgan fingerprint density at radius 3 is 2.25 bits per heavy atom. The molecule has 1 rings (SSSR count). The summed E-state index contributed by atoms with van der Waals surface area (Å²) < 4.78 is 35.4. The van der Waals surface area contributed by atoms with Gasteiger partial charge in [0.15, 0.2) is 5.78 Å². The lowest BCUT2D eigenvalue weighted by molar-refractivity contribution is -0.117.